The maximum absolute atomic E-state index is 12.7. The predicted molar refractivity (Wildman–Crippen MR) is 94.7 cm³/mol. The molecule has 1 aliphatic carbocycles. The van der Waals surface area contributed by atoms with E-state index in [4.69, 9.17) is 8.83 Å². The number of aromatic nitrogens is 1. The van der Waals surface area contributed by atoms with E-state index >= 15 is 0 Å². The fourth-order valence-corrected chi connectivity index (χ4v) is 4.22. The van der Waals surface area contributed by atoms with Crippen molar-refractivity contribution in [3.63, 3.8) is 0 Å². The van der Waals surface area contributed by atoms with Gasteiger partial charge in [-0.2, -0.15) is 0 Å². The summed E-state index contributed by atoms with van der Waals surface area (Å²) in [5.41, 5.74) is 2.79. The summed E-state index contributed by atoms with van der Waals surface area (Å²) in [5.74, 6) is 0.983. The van der Waals surface area contributed by atoms with Crippen LogP contribution in [0, 0.1) is 12.3 Å². The fourth-order valence-electron chi connectivity index (χ4n) is 3.50. The van der Waals surface area contributed by atoms with E-state index in [0.717, 1.165) is 17.3 Å². The van der Waals surface area contributed by atoms with Crippen LogP contribution in [0.15, 0.2) is 38.3 Å². The SMILES string of the molecule is Cc1c(C(=O)Sc2nc3ccccc3o2)oc2c1[C@H](O)CC(C)(C)C2. The lowest BCUT2D eigenvalue weighted by atomic mass is 9.75. The second-order valence-electron chi connectivity index (χ2n) is 7.29. The molecule has 2 heterocycles. The molecule has 0 radical (unpaired) electrons. The van der Waals surface area contributed by atoms with Gasteiger partial charge in [0, 0.05) is 29.3 Å². The van der Waals surface area contributed by atoms with Gasteiger partial charge in [-0.25, -0.2) is 4.98 Å². The van der Waals surface area contributed by atoms with E-state index in [9.17, 15) is 9.90 Å². The quantitative estimate of drug-likeness (QED) is 0.672. The Kier molecular flexibility index (Phi) is 3.77. The van der Waals surface area contributed by atoms with Gasteiger partial charge in [-0.15, -0.1) is 0 Å². The van der Waals surface area contributed by atoms with Gasteiger partial charge in [-0.3, -0.25) is 4.79 Å². The van der Waals surface area contributed by atoms with Gasteiger partial charge in [0.15, 0.2) is 11.3 Å². The highest BCUT2D eigenvalue weighted by Crippen LogP contribution is 2.44. The molecule has 0 spiro atoms. The Hall–Kier alpha value is -2.05. The molecular weight excluding hydrogens is 338 g/mol. The van der Waals surface area contributed by atoms with Crippen molar-refractivity contribution in [3.8, 4) is 0 Å². The number of rotatable bonds is 2. The smallest absolute Gasteiger partial charge is 0.264 e. The number of carbonyl (C=O) groups excluding carboxylic acids is 1. The molecule has 130 valence electrons. The highest BCUT2D eigenvalue weighted by molar-refractivity contribution is 8.13. The van der Waals surface area contributed by atoms with Gasteiger partial charge in [0.1, 0.15) is 11.3 Å². The molecule has 0 saturated heterocycles. The molecule has 6 heteroatoms. The number of hydrogen-bond acceptors (Lipinski definition) is 6. The first-order chi connectivity index (χ1) is 11.8. The summed E-state index contributed by atoms with van der Waals surface area (Å²) in [6, 6.07) is 7.38. The van der Waals surface area contributed by atoms with Crippen LogP contribution >= 0.6 is 11.8 Å². The molecule has 0 aliphatic heterocycles. The molecule has 25 heavy (non-hydrogen) atoms. The molecular formula is C19H19NO4S. The number of nitrogens with zero attached hydrogens (tertiary/aromatic N) is 1. The summed E-state index contributed by atoms with van der Waals surface area (Å²) in [4.78, 5) is 17.0. The van der Waals surface area contributed by atoms with Crippen LogP contribution in [-0.4, -0.2) is 15.2 Å². The number of fused-ring (bicyclic) bond motifs is 2. The molecule has 4 rings (SSSR count). The Morgan fingerprint density at radius 1 is 1.32 bits per heavy atom. The maximum atomic E-state index is 12.7. The lowest BCUT2D eigenvalue weighted by Crippen LogP contribution is -2.24. The van der Waals surface area contributed by atoms with E-state index in [2.05, 4.69) is 18.8 Å². The molecule has 0 amide bonds. The highest BCUT2D eigenvalue weighted by Gasteiger charge is 2.37. The highest BCUT2D eigenvalue weighted by atomic mass is 32.2. The van der Waals surface area contributed by atoms with Crippen LogP contribution in [0.1, 0.15) is 53.8 Å². The summed E-state index contributed by atoms with van der Waals surface area (Å²) in [5, 5.41) is 10.5. The summed E-state index contributed by atoms with van der Waals surface area (Å²) >= 11 is 0.909. The number of aliphatic hydroxyl groups is 1. The molecule has 1 aromatic carbocycles. The second kappa shape index (κ2) is 5.75. The van der Waals surface area contributed by atoms with Gasteiger partial charge in [0.05, 0.1) is 6.10 Å². The minimum atomic E-state index is -0.599. The first-order valence-electron chi connectivity index (χ1n) is 8.22. The zero-order valence-corrected chi connectivity index (χ0v) is 15.1. The van der Waals surface area contributed by atoms with Gasteiger partial charge in [0.25, 0.3) is 10.3 Å². The van der Waals surface area contributed by atoms with Crippen LogP contribution in [0.5, 0.6) is 0 Å². The molecule has 0 fully saturated rings. The lowest BCUT2D eigenvalue weighted by molar-refractivity contribution is 0.0919. The zero-order valence-electron chi connectivity index (χ0n) is 14.3. The number of aliphatic hydroxyl groups excluding tert-OH is 1. The molecule has 1 aliphatic rings. The van der Waals surface area contributed by atoms with Crippen molar-refractivity contribution in [2.24, 2.45) is 5.41 Å². The molecule has 3 aromatic rings. The number of benzene rings is 1. The van der Waals surface area contributed by atoms with Crippen LogP contribution in [0.3, 0.4) is 0 Å². The van der Waals surface area contributed by atoms with Crippen molar-refractivity contribution >= 4 is 28.0 Å². The third-order valence-electron chi connectivity index (χ3n) is 4.63. The Morgan fingerprint density at radius 2 is 2.08 bits per heavy atom. The summed E-state index contributed by atoms with van der Waals surface area (Å²) < 4.78 is 11.4. The van der Waals surface area contributed by atoms with E-state index in [1.54, 1.807) is 0 Å². The third kappa shape index (κ3) is 2.89. The topological polar surface area (TPSA) is 76.5 Å². The van der Waals surface area contributed by atoms with E-state index in [0.29, 0.717) is 40.5 Å². The number of hydrogen-bond donors (Lipinski definition) is 1. The van der Waals surface area contributed by atoms with Gasteiger partial charge in [0.2, 0.25) is 0 Å². The van der Waals surface area contributed by atoms with E-state index in [-0.39, 0.29) is 16.3 Å². The zero-order chi connectivity index (χ0) is 17.8. The van der Waals surface area contributed by atoms with Crippen molar-refractivity contribution in [2.45, 2.75) is 44.9 Å². The van der Waals surface area contributed by atoms with Crippen LogP contribution < -0.4 is 0 Å². The molecule has 0 saturated carbocycles. The summed E-state index contributed by atoms with van der Waals surface area (Å²) in [6.45, 7) is 6.00. The third-order valence-corrected chi connectivity index (χ3v) is 5.35. The minimum absolute atomic E-state index is 0.0511. The van der Waals surface area contributed by atoms with Crippen molar-refractivity contribution in [1.82, 2.24) is 4.98 Å². The largest absolute Gasteiger partial charge is 0.456 e. The monoisotopic (exact) mass is 357 g/mol. The van der Waals surface area contributed by atoms with E-state index in [1.807, 2.05) is 31.2 Å². The Morgan fingerprint density at radius 3 is 2.84 bits per heavy atom. The van der Waals surface area contributed by atoms with E-state index in [1.165, 1.54) is 0 Å². The minimum Gasteiger partial charge on any atom is -0.456 e. The average molecular weight is 357 g/mol. The van der Waals surface area contributed by atoms with Gasteiger partial charge < -0.3 is 13.9 Å². The fraction of sp³-hybridized carbons (Fsp3) is 0.368. The average Bonchev–Trinajstić information content (AvgIpc) is 3.06. The number of para-hydroxylation sites is 2. The Labute approximate surface area is 149 Å². The second-order valence-corrected chi connectivity index (χ2v) is 8.22. The Balaban J connectivity index is 1.65. The first-order valence-corrected chi connectivity index (χ1v) is 9.04. The van der Waals surface area contributed by atoms with Crippen LogP contribution in [-0.2, 0) is 6.42 Å². The van der Waals surface area contributed by atoms with Crippen molar-refractivity contribution < 1.29 is 18.7 Å². The molecule has 0 unspecified atom stereocenters. The standard InChI is InChI=1S/C19H19NO4S/c1-10-15-12(21)8-19(2,3)9-14(15)23-16(10)17(22)25-18-20-11-6-4-5-7-13(11)24-18/h4-7,12,21H,8-9H2,1-3H3/t12-/m1/s1. The molecule has 2 aromatic heterocycles. The normalized spacial score (nSPS) is 19.1. The van der Waals surface area contributed by atoms with Gasteiger partial charge in [-0.05, 0) is 30.9 Å². The molecule has 1 N–H and O–H groups in total. The predicted octanol–water partition coefficient (Wildman–Crippen LogP) is 4.67. The van der Waals surface area contributed by atoms with Crippen LogP contribution in [0.2, 0.25) is 0 Å². The summed E-state index contributed by atoms with van der Waals surface area (Å²) in [7, 11) is 0. The number of furan rings is 1. The van der Waals surface area contributed by atoms with Gasteiger partial charge in [-0.1, -0.05) is 26.0 Å². The number of thioether (sulfide) groups is 1. The molecule has 0 bridgehead atoms. The first kappa shape index (κ1) is 16.4. The maximum Gasteiger partial charge on any atom is 0.264 e. The molecule has 5 nitrogen and oxygen atoms in total. The van der Waals surface area contributed by atoms with Crippen molar-refractivity contribution in [1.29, 1.82) is 0 Å². The van der Waals surface area contributed by atoms with Crippen molar-refractivity contribution in [3.05, 3.63) is 46.9 Å². The van der Waals surface area contributed by atoms with Gasteiger partial charge >= 0.3 is 0 Å². The number of carbonyl (C=O) groups is 1. The lowest BCUT2D eigenvalue weighted by Gasteiger charge is -2.31. The van der Waals surface area contributed by atoms with Crippen molar-refractivity contribution in [2.75, 3.05) is 0 Å². The molecule has 1 atom stereocenters. The number of oxazole rings is 1. The van der Waals surface area contributed by atoms with Crippen LogP contribution in [0.25, 0.3) is 11.1 Å². The Bertz CT molecular complexity index is 936. The van der Waals surface area contributed by atoms with E-state index < -0.39 is 6.10 Å². The summed E-state index contributed by atoms with van der Waals surface area (Å²) in [6.07, 6.45) is 0.770. The van der Waals surface area contributed by atoms with Crippen LogP contribution in [0.4, 0.5) is 0 Å².